The summed E-state index contributed by atoms with van der Waals surface area (Å²) in [5.41, 5.74) is -0.166. The summed E-state index contributed by atoms with van der Waals surface area (Å²) < 4.78 is 5.33. The van der Waals surface area contributed by atoms with Crippen molar-refractivity contribution in [1.82, 2.24) is 5.32 Å². The molecule has 12 heavy (non-hydrogen) atoms. The van der Waals surface area contributed by atoms with Gasteiger partial charge in [-0.15, -0.1) is 0 Å². The van der Waals surface area contributed by atoms with Crippen LogP contribution in [0.5, 0.6) is 0 Å². The van der Waals surface area contributed by atoms with Gasteiger partial charge in [0.2, 0.25) is 0 Å². The monoisotopic (exact) mass is 169 g/mol. The van der Waals surface area contributed by atoms with E-state index >= 15 is 0 Å². The van der Waals surface area contributed by atoms with Crippen molar-refractivity contribution < 1.29 is 9.53 Å². The zero-order valence-corrected chi connectivity index (χ0v) is 7.43. The molecule has 1 saturated heterocycles. The van der Waals surface area contributed by atoms with Crippen LogP contribution < -0.4 is 5.32 Å². The maximum atomic E-state index is 11.0. The molecule has 3 heteroatoms. The van der Waals surface area contributed by atoms with E-state index in [4.69, 9.17) is 4.74 Å². The lowest BCUT2D eigenvalue weighted by molar-refractivity contribution is -0.0643. The van der Waals surface area contributed by atoms with Crippen molar-refractivity contribution in [1.29, 1.82) is 0 Å². The third kappa shape index (κ3) is 1.17. The Kier molecular flexibility index (Phi) is 1.74. The summed E-state index contributed by atoms with van der Waals surface area (Å²) in [5.74, 6) is 0.531. The van der Waals surface area contributed by atoms with E-state index in [2.05, 4.69) is 12.2 Å². The summed E-state index contributed by atoms with van der Waals surface area (Å²) in [6, 6.07) is 0. The summed E-state index contributed by atoms with van der Waals surface area (Å²) in [6.45, 7) is 2.87. The first-order valence-electron chi connectivity index (χ1n) is 4.67. The lowest BCUT2D eigenvalue weighted by Gasteiger charge is -2.43. The molecule has 1 amide bonds. The Morgan fingerprint density at radius 2 is 2.42 bits per heavy atom. The quantitative estimate of drug-likeness (QED) is 0.599. The molecule has 0 bridgehead atoms. The number of fused-ring (bicyclic) bond motifs is 1. The van der Waals surface area contributed by atoms with Crippen LogP contribution in [0.3, 0.4) is 0 Å². The first-order chi connectivity index (χ1) is 5.71. The van der Waals surface area contributed by atoms with Gasteiger partial charge in [-0.3, -0.25) is 0 Å². The largest absolute Gasteiger partial charge is 0.443 e. The van der Waals surface area contributed by atoms with Crippen molar-refractivity contribution in [2.24, 2.45) is 5.92 Å². The minimum atomic E-state index is -0.240. The van der Waals surface area contributed by atoms with Crippen molar-refractivity contribution >= 4 is 6.09 Å². The van der Waals surface area contributed by atoms with Crippen LogP contribution in [0.25, 0.3) is 0 Å². The van der Waals surface area contributed by atoms with Crippen LogP contribution in [0.2, 0.25) is 0 Å². The molecule has 1 N–H and O–H groups in total. The lowest BCUT2D eigenvalue weighted by atomic mass is 9.76. The predicted octanol–water partition coefficient (Wildman–Crippen LogP) is 1.68. The van der Waals surface area contributed by atoms with Gasteiger partial charge in [-0.25, -0.2) is 4.79 Å². The van der Waals surface area contributed by atoms with Crippen LogP contribution in [0, 0.1) is 5.92 Å². The number of hydrogen-bond donors (Lipinski definition) is 1. The van der Waals surface area contributed by atoms with Crippen LogP contribution in [-0.4, -0.2) is 18.2 Å². The molecule has 2 aliphatic rings. The van der Waals surface area contributed by atoms with E-state index in [1.165, 1.54) is 19.3 Å². The third-order valence-corrected chi connectivity index (χ3v) is 3.16. The summed E-state index contributed by atoms with van der Waals surface area (Å²) in [7, 11) is 0. The number of ether oxygens (including phenoxy) is 1. The van der Waals surface area contributed by atoms with Crippen LogP contribution >= 0.6 is 0 Å². The van der Waals surface area contributed by atoms with Gasteiger partial charge in [0.1, 0.15) is 5.60 Å². The highest BCUT2D eigenvalue weighted by Crippen LogP contribution is 2.37. The van der Waals surface area contributed by atoms with Crippen molar-refractivity contribution in [3.8, 4) is 0 Å². The molecule has 2 atom stereocenters. The Balaban J connectivity index is 2.12. The predicted molar refractivity (Wildman–Crippen MR) is 44.8 cm³/mol. The highest BCUT2D eigenvalue weighted by Gasteiger charge is 2.42. The van der Waals surface area contributed by atoms with Gasteiger partial charge in [-0.1, -0.05) is 6.42 Å². The highest BCUT2D eigenvalue weighted by molar-refractivity contribution is 5.68. The molecule has 0 aromatic heterocycles. The van der Waals surface area contributed by atoms with Crippen LogP contribution in [0.4, 0.5) is 4.79 Å². The Labute approximate surface area is 72.5 Å². The lowest BCUT2D eigenvalue weighted by Crippen LogP contribution is -2.54. The molecule has 1 aliphatic carbocycles. The fourth-order valence-electron chi connectivity index (χ4n) is 2.28. The van der Waals surface area contributed by atoms with Crippen LogP contribution in [0.1, 0.15) is 32.6 Å². The van der Waals surface area contributed by atoms with Gasteiger partial charge in [0, 0.05) is 12.5 Å². The molecule has 1 saturated carbocycles. The fraction of sp³-hybridized carbons (Fsp3) is 0.889. The smallest absolute Gasteiger partial charge is 0.407 e. The molecule has 0 spiro atoms. The second-order valence-corrected chi connectivity index (χ2v) is 4.03. The number of nitrogens with one attached hydrogen (secondary N) is 1. The standard InChI is InChI=1S/C9H15NO2/c1-9-5-3-2-4-7(9)6-10-8(11)12-9/h7H,2-6H2,1H3,(H,10,11)/t7-,9-/m1/s1. The maximum absolute atomic E-state index is 11.0. The van der Waals surface area contributed by atoms with E-state index in [1.54, 1.807) is 0 Å². The highest BCUT2D eigenvalue weighted by atomic mass is 16.6. The minimum Gasteiger partial charge on any atom is -0.443 e. The zero-order valence-electron chi connectivity index (χ0n) is 7.43. The Morgan fingerprint density at radius 3 is 3.25 bits per heavy atom. The van der Waals surface area contributed by atoms with E-state index in [1.807, 2.05) is 0 Å². The zero-order chi connectivity index (χ0) is 8.60. The number of carbonyl (C=O) groups is 1. The van der Waals surface area contributed by atoms with Crippen molar-refractivity contribution in [2.75, 3.05) is 6.54 Å². The normalized spacial score (nSPS) is 41.1. The molecular formula is C9H15NO2. The summed E-state index contributed by atoms with van der Waals surface area (Å²) >= 11 is 0. The number of hydrogen-bond acceptors (Lipinski definition) is 2. The Bertz CT molecular complexity index is 205. The molecule has 68 valence electrons. The molecular weight excluding hydrogens is 154 g/mol. The maximum Gasteiger partial charge on any atom is 0.407 e. The number of alkyl carbamates (subject to hydrolysis) is 1. The summed E-state index contributed by atoms with van der Waals surface area (Å²) in [5, 5.41) is 2.75. The Morgan fingerprint density at radius 1 is 1.58 bits per heavy atom. The van der Waals surface area contributed by atoms with Gasteiger partial charge < -0.3 is 10.1 Å². The molecule has 1 heterocycles. The van der Waals surface area contributed by atoms with Crippen molar-refractivity contribution in [3.05, 3.63) is 0 Å². The molecule has 3 nitrogen and oxygen atoms in total. The second-order valence-electron chi connectivity index (χ2n) is 4.03. The molecule has 0 aromatic rings. The third-order valence-electron chi connectivity index (χ3n) is 3.16. The van der Waals surface area contributed by atoms with Gasteiger partial charge in [-0.2, -0.15) is 0 Å². The van der Waals surface area contributed by atoms with Crippen LogP contribution in [-0.2, 0) is 4.74 Å². The van der Waals surface area contributed by atoms with Crippen LogP contribution in [0.15, 0.2) is 0 Å². The first-order valence-corrected chi connectivity index (χ1v) is 4.67. The molecule has 0 aromatic carbocycles. The average Bonchev–Trinajstić information content (AvgIpc) is 2.02. The minimum absolute atomic E-state index is 0.166. The van der Waals surface area contributed by atoms with E-state index in [0.717, 1.165) is 13.0 Å². The topological polar surface area (TPSA) is 38.3 Å². The SMILES string of the molecule is C[C@@]12CCCC[C@@H]1CNC(=O)O2. The Hall–Kier alpha value is -0.730. The van der Waals surface area contributed by atoms with E-state index in [0.29, 0.717) is 5.92 Å². The van der Waals surface area contributed by atoms with E-state index < -0.39 is 0 Å². The second kappa shape index (κ2) is 2.64. The molecule has 2 fully saturated rings. The molecule has 2 rings (SSSR count). The van der Waals surface area contributed by atoms with Gasteiger partial charge >= 0.3 is 6.09 Å². The van der Waals surface area contributed by atoms with Gasteiger partial charge in [0.05, 0.1) is 0 Å². The average molecular weight is 169 g/mol. The number of amides is 1. The van der Waals surface area contributed by atoms with Gasteiger partial charge in [0.25, 0.3) is 0 Å². The fourth-order valence-corrected chi connectivity index (χ4v) is 2.28. The molecule has 0 unspecified atom stereocenters. The summed E-state index contributed by atoms with van der Waals surface area (Å²) in [4.78, 5) is 11.0. The van der Waals surface area contributed by atoms with Gasteiger partial charge in [0.15, 0.2) is 0 Å². The van der Waals surface area contributed by atoms with Crippen molar-refractivity contribution in [3.63, 3.8) is 0 Å². The van der Waals surface area contributed by atoms with Crippen molar-refractivity contribution in [2.45, 2.75) is 38.2 Å². The van der Waals surface area contributed by atoms with Gasteiger partial charge in [-0.05, 0) is 26.2 Å². The van der Waals surface area contributed by atoms with E-state index in [-0.39, 0.29) is 11.7 Å². The first kappa shape index (κ1) is 7.90. The molecule has 1 aliphatic heterocycles. The number of carbonyl (C=O) groups excluding carboxylic acids is 1. The van der Waals surface area contributed by atoms with E-state index in [9.17, 15) is 4.79 Å². The number of rotatable bonds is 0. The summed E-state index contributed by atoms with van der Waals surface area (Å²) in [6.07, 6.45) is 4.46. The molecule has 0 radical (unpaired) electrons.